The van der Waals surface area contributed by atoms with Crippen LogP contribution in [0.5, 0.6) is 0 Å². The molecule has 1 amide bonds. The molecule has 7 nitrogen and oxygen atoms in total. The maximum absolute atomic E-state index is 13.4. The van der Waals surface area contributed by atoms with Crippen molar-refractivity contribution >= 4 is 28.2 Å². The number of H-pyrrole nitrogens is 1. The molecule has 2 aliphatic rings. The van der Waals surface area contributed by atoms with Crippen LogP contribution >= 0.6 is 0 Å². The van der Waals surface area contributed by atoms with Crippen LogP contribution in [-0.4, -0.2) is 39.9 Å². The Balaban J connectivity index is 1.32. The van der Waals surface area contributed by atoms with Crippen LogP contribution in [0.2, 0.25) is 0 Å². The number of carbonyl (C=O) groups is 1. The molecule has 2 aromatic heterocycles. The number of benzene rings is 2. The molecule has 1 saturated heterocycles. The molecule has 3 heterocycles. The van der Waals surface area contributed by atoms with Crippen molar-refractivity contribution in [1.29, 1.82) is 0 Å². The molecule has 200 valence electrons. The summed E-state index contributed by atoms with van der Waals surface area (Å²) in [5, 5.41) is 4.11. The van der Waals surface area contributed by atoms with E-state index in [9.17, 15) is 4.79 Å². The molecule has 39 heavy (non-hydrogen) atoms. The average molecular weight is 523 g/mol. The lowest BCUT2D eigenvalue weighted by atomic mass is 9.83. The third-order valence-corrected chi connectivity index (χ3v) is 7.84. The third kappa shape index (κ3) is 4.77. The summed E-state index contributed by atoms with van der Waals surface area (Å²) >= 11 is 0. The lowest BCUT2D eigenvalue weighted by Gasteiger charge is -2.30. The van der Waals surface area contributed by atoms with Gasteiger partial charge in [0.1, 0.15) is 12.0 Å². The number of aromatic nitrogens is 3. The van der Waals surface area contributed by atoms with Gasteiger partial charge in [0.25, 0.3) is 5.91 Å². The van der Waals surface area contributed by atoms with E-state index < -0.39 is 5.79 Å². The minimum absolute atomic E-state index is 0.116. The van der Waals surface area contributed by atoms with Crippen molar-refractivity contribution in [1.82, 2.24) is 15.0 Å². The molecule has 1 fully saturated rings. The molecule has 4 aromatic rings. The minimum Gasteiger partial charge on any atom is -0.347 e. The number of nitrogens with one attached hydrogen (secondary N) is 2. The van der Waals surface area contributed by atoms with Crippen molar-refractivity contribution in [2.24, 2.45) is 0 Å². The van der Waals surface area contributed by atoms with Gasteiger partial charge in [-0.25, -0.2) is 9.97 Å². The Bertz CT molecular complexity index is 1590. The molecule has 0 bridgehead atoms. The topological polar surface area (TPSA) is 89.1 Å². The Morgan fingerprint density at radius 1 is 1.05 bits per heavy atom. The predicted molar refractivity (Wildman–Crippen MR) is 154 cm³/mol. The fraction of sp³-hybridized carbons (Fsp3) is 0.344. The van der Waals surface area contributed by atoms with Crippen molar-refractivity contribution in [2.75, 3.05) is 18.5 Å². The molecule has 0 radical (unpaired) electrons. The van der Waals surface area contributed by atoms with Crippen LogP contribution in [0.15, 0.2) is 60.9 Å². The molecule has 7 heteroatoms. The second-order valence-electron chi connectivity index (χ2n) is 11.4. The summed E-state index contributed by atoms with van der Waals surface area (Å²) < 4.78 is 11.8. The van der Waals surface area contributed by atoms with Crippen LogP contribution in [0.4, 0.5) is 5.69 Å². The number of rotatable bonds is 4. The van der Waals surface area contributed by atoms with E-state index in [-0.39, 0.29) is 11.3 Å². The first-order chi connectivity index (χ1) is 18.7. The lowest BCUT2D eigenvalue weighted by molar-refractivity contribution is -0.159. The highest BCUT2D eigenvalue weighted by Gasteiger charge is 2.38. The van der Waals surface area contributed by atoms with Crippen molar-refractivity contribution in [2.45, 2.75) is 58.2 Å². The zero-order valence-electron chi connectivity index (χ0n) is 22.9. The highest BCUT2D eigenvalue weighted by Crippen LogP contribution is 2.40. The summed E-state index contributed by atoms with van der Waals surface area (Å²) in [7, 11) is 0. The highest BCUT2D eigenvalue weighted by atomic mass is 16.7. The van der Waals surface area contributed by atoms with E-state index in [1.807, 2.05) is 49.4 Å². The maximum atomic E-state index is 13.4. The van der Waals surface area contributed by atoms with Crippen LogP contribution in [0.25, 0.3) is 27.9 Å². The Hall–Kier alpha value is -3.81. The summed E-state index contributed by atoms with van der Waals surface area (Å²) in [6.07, 6.45) is 6.25. The van der Waals surface area contributed by atoms with Gasteiger partial charge in [0.2, 0.25) is 0 Å². The number of allylic oxidation sites excluding steroid dienone is 1. The van der Waals surface area contributed by atoms with Crippen LogP contribution in [-0.2, 0) is 14.9 Å². The molecule has 6 rings (SSSR count). The molecular formula is C32H34N4O3. The van der Waals surface area contributed by atoms with E-state index in [1.54, 1.807) is 6.33 Å². The van der Waals surface area contributed by atoms with Gasteiger partial charge in [0.15, 0.2) is 5.79 Å². The average Bonchev–Trinajstić information content (AvgIpc) is 3.57. The van der Waals surface area contributed by atoms with Crippen LogP contribution in [0.3, 0.4) is 0 Å². The number of hydrogen-bond acceptors (Lipinski definition) is 5. The Morgan fingerprint density at radius 2 is 1.85 bits per heavy atom. The van der Waals surface area contributed by atoms with Crippen molar-refractivity contribution in [3.05, 3.63) is 83.3 Å². The van der Waals surface area contributed by atoms with E-state index >= 15 is 0 Å². The Morgan fingerprint density at radius 3 is 2.59 bits per heavy atom. The smallest absolute Gasteiger partial charge is 0.255 e. The Kier molecular flexibility index (Phi) is 6.36. The standard InChI is InChI=1S/C32H34N4O3/c1-20-22(9-7-11-26(20)36-30(37)23-8-5-6-10-25(23)31(2,3)4)28-24-18-27(35-29(24)34-19-33-28)21-12-14-32(15-13-21)38-16-17-39-32/h5-12,18-19H,13-17H2,1-4H3,(H,36,37)(H,33,34,35). The number of anilines is 1. The number of fused-ring (bicyclic) bond motifs is 1. The summed E-state index contributed by atoms with van der Waals surface area (Å²) in [5.41, 5.74) is 8.14. The fourth-order valence-electron chi connectivity index (χ4n) is 5.69. The first kappa shape index (κ1) is 25.5. The fourth-order valence-corrected chi connectivity index (χ4v) is 5.69. The number of amides is 1. The quantitative estimate of drug-likeness (QED) is 0.308. The van der Waals surface area contributed by atoms with E-state index in [0.717, 1.165) is 64.1 Å². The normalized spacial score (nSPS) is 17.0. The number of ether oxygens (including phenoxy) is 2. The summed E-state index contributed by atoms with van der Waals surface area (Å²) in [4.78, 5) is 26.1. The van der Waals surface area contributed by atoms with Crippen molar-refractivity contribution in [3.63, 3.8) is 0 Å². The number of hydrogen-bond donors (Lipinski definition) is 2. The second-order valence-corrected chi connectivity index (χ2v) is 11.4. The number of carbonyl (C=O) groups excluding carboxylic acids is 1. The van der Waals surface area contributed by atoms with Gasteiger partial charge in [0.05, 0.1) is 18.9 Å². The SMILES string of the molecule is Cc1c(NC(=O)c2ccccc2C(C)(C)C)cccc1-c1ncnc2[nH]c(C3=CCC4(CC3)OCCO4)cc12. The predicted octanol–water partition coefficient (Wildman–Crippen LogP) is 6.79. The monoisotopic (exact) mass is 522 g/mol. The lowest BCUT2D eigenvalue weighted by Crippen LogP contribution is -2.31. The van der Waals surface area contributed by atoms with Crippen LogP contribution in [0, 0.1) is 6.92 Å². The second kappa shape index (κ2) is 9.74. The minimum atomic E-state index is -0.449. The molecule has 0 atom stereocenters. The molecule has 2 aromatic carbocycles. The first-order valence-electron chi connectivity index (χ1n) is 13.6. The van der Waals surface area contributed by atoms with Crippen LogP contribution in [0.1, 0.15) is 67.2 Å². The van der Waals surface area contributed by atoms with Gasteiger partial charge in [-0.2, -0.15) is 0 Å². The molecular weight excluding hydrogens is 488 g/mol. The first-order valence-corrected chi connectivity index (χ1v) is 13.6. The van der Waals surface area contributed by atoms with Gasteiger partial charge in [0, 0.05) is 40.7 Å². The molecule has 1 aliphatic heterocycles. The van der Waals surface area contributed by atoms with Crippen molar-refractivity contribution in [3.8, 4) is 11.3 Å². The third-order valence-electron chi connectivity index (χ3n) is 7.84. The van der Waals surface area contributed by atoms with Gasteiger partial charge >= 0.3 is 0 Å². The largest absolute Gasteiger partial charge is 0.347 e. The van der Waals surface area contributed by atoms with Gasteiger partial charge in [-0.3, -0.25) is 4.79 Å². The highest BCUT2D eigenvalue weighted by molar-refractivity contribution is 6.06. The van der Waals surface area contributed by atoms with Crippen molar-refractivity contribution < 1.29 is 14.3 Å². The summed E-state index contributed by atoms with van der Waals surface area (Å²) in [5.74, 6) is -0.565. The Labute approximate surface area is 228 Å². The van der Waals surface area contributed by atoms with Gasteiger partial charge in [-0.05, 0) is 53.7 Å². The summed E-state index contributed by atoms with van der Waals surface area (Å²) in [6.45, 7) is 9.70. The molecule has 0 unspecified atom stereocenters. The molecule has 1 aliphatic carbocycles. The number of nitrogens with zero attached hydrogens (tertiary/aromatic N) is 2. The molecule has 2 N–H and O–H groups in total. The van der Waals surface area contributed by atoms with Gasteiger partial charge < -0.3 is 19.8 Å². The maximum Gasteiger partial charge on any atom is 0.255 e. The zero-order valence-corrected chi connectivity index (χ0v) is 22.9. The van der Waals surface area contributed by atoms with E-state index in [2.05, 4.69) is 53.2 Å². The molecule has 1 spiro atoms. The zero-order chi connectivity index (χ0) is 27.2. The van der Waals surface area contributed by atoms with E-state index in [4.69, 9.17) is 9.47 Å². The van der Waals surface area contributed by atoms with Gasteiger partial charge in [-0.15, -0.1) is 0 Å². The van der Waals surface area contributed by atoms with Gasteiger partial charge in [-0.1, -0.05) is 57.2 Å². The summed E-state index contributed by atoms with van der Waals surface area (Å²) in [6, 6.07) is 15.9. The van der Waals surface area contributed by atoms with E-state index in [0.29, 0.717) is 18.8 Å². The van der Waals surface area contributed by atoms with E-state index in [1.165, 1.54) is 5.57 Å². The molecule has 0 saturated carbocycles. The number of aromatic amines is 1. The van der Waals surface area contributed by atoms with Crippen LogP contribution < -0.4 is 5.32 Å².